The second kappa shape index (κ2) is 5.02. The standard InChI is InChI=1S/C8H9F6NO3/c1-2-3-18-5(17)7(11,12)8(13,14)6(9,10)4(15)16/h2-3H2,1H3,(H2,15,16). The van der Waals surface area contributed by atoms with Gasteiger partial charge in [0.2, 0.25) is 0 Å². The van der Waals surface area contributed by atoms with E-state index < -0.39 is 36.3 Å². The lowest BCUT2D eigenvalue weighted by molar-refractivity contribution is -0.293. The highest BCUT2D eigenvalue weighted by Gasteiger charge is 2.78. The van der Waals surface area contributed by atoms with Crippen molar-refractivity contribution in [3.8, 4) is 0 Å². The molecule has 18 heavy (non-hydrogen) atoms. The van der Waals surface area contributed by atoms with Crippen LogP contribution in [0.4, 0.5) is 26.3 Å². The van der Waals surface area contributed by atoms with Crippen LogP contribution in [0, 0.1) is 0 Å². The third kappa shape index (κ3) is 2.51. The maximum absolute atomic E-state index is 12.9. The van der Waals surface area contributed by atoms with Crippen LogP contribution in [0.25, 0.3) is 0 Å². The first-order valence-corrected chi connectivity index (χ1v) is 4.53. The molecule has 0 aromatic heterocycles. The number of esters is 1. The number of primary amides is 1. The van der Waals surface area contributed by atoms with E-state index in [1.165, 1.54) is 6.92 Å². The maximum Gasteiger partial charge on any atom is 0.411 e. The zero-order valence-corrected chi connectivity index (χ0v) is 8.98. The lowest BCUT2D eigenvalue weighted by atomic mass is 10.0. The normalized spacial score (nSPS) is 13.3. The van der Waals surface area contributed by atoms with Crippen molar-refractivity contribution < 1.29 is 40.7 Å². The first-order valence-electron chi connectivity index (χ1n) is 4.53. The van der Waals surface area contributed by atoms with Crippen molar-refractivity contribution >= 4 is 11.9 Å². The number of carbonyl (C=O) groups is 2. The van der Waals surface area contributed by atoms with Crippen LogP contribution in [0.3, 0.4) is 0 Å². The van der Waals surface area contributed by atoms with E-state index in [0.29, 0.717) is 0 Å². The Morgan fingerprint density at radius 1 is 1.06 bits per heavy atom. The van der Waals surface area contributed by atoms with E-state index in [4.69, 9.17) is 0 Å². The summed E-state index contributed by atoms with van der Waals surface area (Å²) in [5, 5.41) is 0. The molecule has 0 saturated heterocycles. The van der Waals surface area contributed by atoms with Crippen LogP contribution in [0.2, 0.25) is 0 Å². The molecule has 106 valence electrons. The molecule has 10 heteroatoms. The second-order valence-electron chi connectivity index (χ2n) is 3.22. The van der Waals surface area contributed by atoms with E-state index in [-0.39, 0.29) is 6.42 Å². The van der Waals surface area contributed by atoms with Crippen LogP contribution < -0.4 is 5.73 Å². The van der Waals surface area contributed by atoms with Gasteiger partial charge in [0.25, 0.3) is 5.91 Å². The monoisotopic (exact) mass is 281 g/mol. The van der Waals surface area contributed by atoms with Crippen LogP contribution in [-0.4, -0.2) is 36.3 Å². The van der Waals surface area contributed by atoms with Crippen LogP contribution >= 0.6 is 0 Å². The van der Waals surface area contributed by atoms with Gasteiger partial charge >= 0.3 is 23.7 Å². The Bertz CT molecular complexity index is 344. The first-order chi connectivity index (χ1) is 7.92. The summed E-state index contributed by atoms with van der Waals surface area (Å²) in [6.45, 7) is 0.703. The lowest BCUT2D eigenvalue weighted by Gasteiger charge is -2.29. The predicted octanol–water partition coefficient (Wildman–Crippen LogP) is 1.33. The molecule has 0 radical (unpaired) electrons. The third-order valence-corrected chi connectivity index (χ3v) is 1.79. The summed E-state index contributed by atoms with van der Waals surface area (Å²) in [5.41, 5.74) is 3.90. The van der Waals surface area contributed by atoms with Gasteiger partial charge < -0.3 is 10.5 Å². The Morgan fingerprint density at radius 2 is 1.50 bits per heavy atom. The SMILES string of the molecule is CCCOC(=O)C(F)(F)C(F)(F)C(F)(F)C(N)=O. The fourth-order valence-corrected chi connectivity index (χ4v) is 0.765. The quantitative estimate of drug-likeness (QED) is 0.590. The van der Waals surface area contributed by atoms with Gasteiger partial charge in [-0.3, -0.25) is 4.79 Å². The smallest absolute Gasteiger partial charge is 0.411 e. The average Bonchev–Trinajstić information content (AvgIpc) is 2.24. The summed E-state index contributed by atoms with van der Waals surface area (Å²) in [5.74, 6) is -23.9. The van der Waals surface area contributed by atoms with E-state index in [1.54, 1.807) is 0 Å². The summed E-state index contributed by atoms with van der Waals surface area (Å²) < 4.78 is 80.2. The number of rotatable bonds is 6. The van der Waals surface area contributed by atoms with Gasteiger partial charge in [-0.2, -0.15) is 26.3 Å². The molecule has 2 N–H and O–H groups in total. The fourth-order valence-electron chi connectivity index (χ4n) is 0.765. The Morgan fingerprint density at radius 3 is 1.83 bits per heavy atom. The number of nitrogens with two attached hydrogens (primary N) is 1. The molecule has 1 amide bonds. The van der Waals surface area contributed by atoms with Crippen molar-refractivity contribution in [2.24, 2.45) is 5.73 Å². The molecular formula is C8H9F6NO3. The Balaban J connectivity index is 5.31. The van der Waals surface area contributed by atoms with E-state index in [1.807, 2.05) is 0 Å². The fraction of sp³-hybridized carbons (Fsp3) is 0.750. The largest absolute Gasteiger partial charge is 0.461 e. The zero-order valence-electron chi connectivity index (χ0n) is 8.98. The Labute approximate surface area is 97.1 Å². The van der Waals surface area contributed by atoms with Gasteiger partial charge in [0, 0.05) is 0 Å². The molecule has 0 unspecified atom stereocenters. The minimum Gasteiger partial charge on any atom is -0.461 e. The van der Waals surface area contributed by atoms with E-state index in [2.05, 4.69) is 10.5 Å². The molecular weight excluding hydrogens is 272 g/mol. The van der Waals surface area contributed by atoms with Gasteiger partial charge in [0.05, 0.1) is 6.61 Å². The molecule has 0 rings (SSSR count). The van der Waals surface area contributed by atoms with Crippen LogP contribution in [0.5, 0.6) is 0 Å². The maximum atomic E-state index is 12.9. The van der Waals surface area contributed by atoms with E-state index >= 15 is 0 Å². The highest BCUT2D eigenvalue weighted by atomic mass is 19.3. The number of ether oxygens (including phenoxy) is 1. The summed E-state index contributed by atoms with van der Waals surface area (Å²) in [7, 11) is 0. The lowest BCUT2D eigenvalue weighted by Crippen LogP contribution is -2.62. The topological polar surface area (TPSA) is 69.4 Å². The van der Waals surface area contributed by atoms with Crippen LogP contribution in [0.15, 0.2) is 0 Å². The first kappa shape index (κ1) is 16.5. The molecule has 0 atom stereocenters. The van der Waals surface area contributed by atoms with Gasteiger partial charge in [0.1, 0.15) is 0 Å². The van der Waals surface area contributed by atoms with Gasteiger partial charge in [-0.1, -0.05) is 6.92 Å². The van der Waals surface area contributed by atoms with Crippen molar-refractivity contribution in [2.75, 3.05) is 6.61 Å². The molecule has 0 heterocycles. The van der Waals surface area contributed by atoms with Crippen molar-refractivity contribution in [3.63, 3.8) is 0 Å². The summed E-state index contributed by atoms with van der Waals surface area (Å²) in [6, 6.07) is 0. The zero-order chi connectivity index (χ0) is 14.8. The second-order valence-corrected chi connectivity index (χ2v) is 3.22. The number of amides is 1. The number of hydrogen-bond acceptors (Lipinski definition) is 3. The molecule has 0 aliphatic carbocycles. The number of carbonyl (C=O) groups excluding carboxylic acids is 2. The number of halogens is 6. The Hall–Kier alpha value is -1.48. The molecule has 0 bridgehead atoms. The summed E-state index contributed by atoms with van der Waals surface area (Å²) in [4.78, 5) is 20.7. The molecule has 0 saturated carbocycles. The van der Waals surface area contributed by atoms with Crippen molar-refractivity contribution in [1.82, 2.24) is 0 Å². The van der Waals surface area contributed by atoms with E-state index in [9.17, 15) is 35.9 Å². The van der Waals surface area contributed by atoms with E-state index in [0.717, 1.165) is 0 Å². The average molecular weight is 281 g/mol. The van der Waals surface area contributed by atoms with Crippen LogP contribution in [-0.2, 0) is 14.3 Å². The summed E-state index contributed by atoms with van der Waals surface area (Å²) >= 11 is 0. The van der Waals surface area contributed by atoms with Gasteiger partial charge in [0.15, 0.2) is 0 Å². The summed E-state index contributed by atoms with van der Waals surface area (Å²) in [6.07, 6.45) is 0.0135. The van der Waals surface area contributed by atoms with Crippen molar-refractivity contribution in [1.29, 1.82) is 0 Å². The highest BCUT2D eigenvalue weighted by molar-refractivity contribution is 5.86. The molecule has 0 fully saturated rings. The predicted molar refractivity (Wildman–Crippen MR) is 45.3 cm³/mol. The van der Waals surface area contributed by atoms with Gasteiger partial charge in [-0.15, -0.1) is 0 Å². The van der Waals surface area contributed by atoms with Crippen LogP contribution in [0.1, 0.15) is 13.3 Å². The molecule has 0 aliphatic rings. The minimum absolute atomic E-state index is 0.0135. The molecule has 4 nitrogen and oxygen atoms in total. The molecule has 0 aromatic carbocycles. The minimum atomic E-state index is -6.28. The third-order valence-electron chi connectivity index (χ3n) is 1.79. The molecule has 0 spiro atoms. The van der Waals surface area contributed by atoms with Gasteiger partial charge in [-0.25, -0.2) is 4.79 Å². The van der Waals surface area contributed by atoms with Gasteiger partial charge in [-0.05, 0) is 6.42 Å². The van der Waals surface area contributed by atoms with Crippen molar-refractivity contribution in [2.45, 2.75) is 31.1 Å². The highest BCUT2D eigenvalue weighted by Crippen LogP contribution is 2.46. The Kier molecular flexibility index (Phi) is 4.61. The number of hydrogen-bond donors (Lipinski definition) is 1. The van der Waals surface area contributed by atoms with Crippen molar-refractivity contribution in [3.05, 3.63) is 0 Å². The molecule has 0 aliphatic heterocycles. The molecule has 0 aromatic rings. The number of alkyl halides is 6.